The van der Waals surface area contributed by atoms with Gasteiger partial charge in [0.15, 0.2) is 0 Å². The van der Waals surface area contributed by atoms with Gasteiger partial charge in [-0.3, -0.25) is 0 Å². The van der Waals surface area contributed by atoms with Gasteiger partial charge in [0, 0.05) is 0 Å². The summed E-state index contributed by atoms with van der Waals surface area (Å²) in [6.07, 6.45) is 1.37. The molecule has 1 amide bonds. The topological polar surface area (TPSA) is 56.8 Å². The van der Waals surface area contributed by atoms with Gasteiger partial charge in [-0.2, -0.15) is 0 Å². The summed E-state index contributed by atoms with van der Waals surface area (Å²) in [5.41, 5.74) is 0.690. The Bertz CT molecular complexity index is 650. The lowest BCUT2D eigenvalue weighted by atomic mass is 9.77. The summed E-state index contributed by atoms with van der Waals surface area (Å²) >= 11 is 0. The zero-order valence-electron chi connectivity index (χ0n) is 18.0. The van der Waals surface area contributed by atoms with E-state index in [1.807, 2.05) is 66.7 Å². The van der Waals surface area contributed by atoms with E-state index in [0.717, 1.165) is 23.9 Å². The van der Waals surface area contributed by atoms with Gasteiger partial charge in [0.25, 0.3) is 0 Å². The maximum atomic E-state index is 12.2. The maximum absolute atomic E-state index is 12.2. The van der Waals surface area contributed by atoms with Crippen molar-refractivity contribution in [3.63, 3.8) is 0 Å². The zero-order valence-corrected chi connectivity index (χ0v) is 18.0. The van der Waals surface area contributed by atoms with Gasteiger partial charge in [-0.25, -0.2) is 4.79 Å². The number of alkyl carbamates (subject to hydrolysis) is 1. The molecule has 1 saturated heterocycles. The van der Waals surface area contributed by atoms with Crippen LogP contribution in [0, 0.1) is 0 Å². The number of amides is 1. The minimum Gasteiger partial charge on any atom is -0.444 e. The van der Waals surface area contributed by atoms with Crippen molar-refractivity contribution in [2.45, 2.75) is 91.1 Å². The molecular weight excluding hydrogens is 341 g/mol. The summed E-state index contributed by atoms with van der Waals surface area (Å²) in [5, 5.41) is 3.00. The SMILES string of the molecule is CCC[C@@H](NC(=O)OC(C)(C)C)c1cccc(B2OC(C)(C)C(C)(C)O2)c1. The molecule has 5 nitrogen and oxygen atoms in total. The van der Waals surface area contributed by atoms with Crippen LogP contribution in [0.5, 0.6) is 0 Å². The smallest absolute Gasteiger partial charge is 0.444 e. The summed E-state index contributed by atoms with van der Waals surface area (Å²) in [5.74, 6) is 0. The zero-order chi connectivity index (χ0) is 20.5. The highest BCUT2D eigenvalue weighted by Crippen LogP contribution is 2.36. The van der Waals surface area contributed by atoms with Crippen LogP contribution >= 0.6 is 0 Å². The second kappa shape index (κ2) is 7.84. The number of ether oxygens (including phenoxy) is 1. The van der Waals surface area contributed by atoms with Crippen molar-refractivity contribution in [1.29, 1.82) is 0 Å². The molecule has 27 heavy (non-hydrogen) atoms. The highest BCUT2D eigenvalue weighted by Gasteiger charge is 2.51. The number of hydrogen-bond acceptors (Lipinski definition) is 4. The summed E-state index contributed by atoms with van der Waals surface area (Å²) in [6, 6.07) is 7.94. The first-order valence-electron chi connectivity index (χ1n) is 9.79. The van der Waals surface area contributed by atoms with E-state index in [0.29, 0.717) is 0 Å². The highest BCUT2D eigenvalue weighted by molar-refractivity contribution is 6.62. The van der Waals surface area contributed by atoms with Gasteiger partial charge in [0.2, 0.25) is 0 Å². The lowest BCUT2D eigenvalue weighted by Crippen LogP contribution is -2.41. The van der Waals surface area contributed by atoms with E-state index in [2.05, 4.69) is 18.3 Å². The maximum Gasteiger partial charge on any atom is 0.494 e. The van der Waals surface area contributed by atoms with Crippen LogP contribution in [0.2, 0.25) is 0 Å². The summed E-state index contributed by atoms with van der Waals surface area (Å²) in [6.45, 7) is 15.9. The summed E-state index contributed by atoms with van der Waals surface area (Å²) < 4.78 is 17.7. The lowest BCUT2D eigenvalue weighted by molar-refractivity contribution is 0.00578. The molecule has 1 aromatic carbocycles. The second-order valence-electron chi connectivity index (χ2n) is 9.25. The Morgan fingerprint density at radius 1 is 1.19 bits per heavy atom. The monoisotopic (exact) mass is 375 g/mol. The first kappa shape index (κ1) is 21.8. The average Bonchev–Trinajstić information content (AvgIpc) is 2.73. The largest absolute Gasteiger partial charge is 0.494 e. The Kier molecular flexibility index (Phi) is 6.32. The van der Waals surface area contributed by atoms with Gasteiger partial charge >= 0.3 is 13.2 Å². The third-order valence-electron chi connectivity index (χ3n) is 5.11. The Hall–Kier alpha value is -1.53. The van der Waals surface area contributed by atoms with Crippen LogP contribution in [0.3, 0.4) is 0 Å². The molecule has 1 atom stereocenters. The van der Waals surface area contributed by atoms with Gasteiger partial charge in [-0.15, -0.1) is 0 Å². The molecule has 0 aromatic heterocycles. The van der Waals surface area contributed by atoms with Crippen LogP contribution in [0.1, 0.15) is 79.8 Å². The van der Waals surface area contributed by atoms with Crippen LogP contribution in [-0.4, -0.2) is 30.0 Å². The summed E-state index contributed by atoms with van der Waals surface area (Å²) in [7, 11) is -0.418. The van der Waals surface area contributed by atoms with Gasteiger partial charge in [0.05, 0.1) is 17.2 Å². The molecule has 0 unspecified atom stereocenters. The fraction of sp³-hybridized carbons (Fsp3) is 0.667. The molecule has 1 heterocycles. The van der Waals surface area contributed by atoms with Crippen LogP contribution in [-0.2, 0) is 14.0 Å². The van der Waals surface area contributed by atoms with Crippen LogP contribution < -0.4 is 10.8 Å². The van der Waals surface area contributed by atoms with E-state index in [1.165, 1.54) is 0 Å². The fourth-order valence-electron chi connectivity index (χ4n) is 2.96. The summed E-state index contributed by atoms with van der Waals surface area (Å²) in [4.78, 5) is 12.2. The van der Waals surface area contributed by atoms with Crippen molar-refractivity contribution >= 4 is 18.7 Å². The number of carbonyl (C=O) groups is 1. The molecule has 1 aromatic rings. The molecule has 1 fully saturated rings. The van der Waals surface area contributed by atoms with Crippen LogP contribution in [0.25, 0.3) is 0 Å². The molecule has 0 spiro atoms. The molecule has 6 heteroatoms. The van der Waals surface area contributed by atoms with Crippen molar-refractivity contribution in [1.82, 2.24) is 5.32 Å². The molecule has 2 rings (SSSR count). The molecule has 0 saturated carbocycles. The normalized spacial score (nSPS) is 19.6. The van der Waals surface area contributed by atoms with Crippen LogP contribution in [0.4, 0.5) is 4.79 Å². The number of hydrogen-bond donors (Lipinski definition) is 1. The lowest BCUT2D eigenvalue weighted by Gasteiger charge is -2.32. The number of benzene rings is 1. The Morgan fingerprint density at radius 2 is 1.78 bits per heavy atom. The van der Waals surface area contributed by atoms with Gasteiger partial charge in [-0.1, -0.05) is 37.6 Å². The minimum atomic E-state index is -0.522. The van der Waals surface area contributed by atoms with E-state index in [-0.39, 0.29) is 17.2 Å². The van der Waals surface area contributed by atoms with Crippen molar-refractivity contribution < 1.29 is 18.8 Å². The van der Waals surface area contributed by atoms with Crippen LogP contribution in [0.15, 0.2) is 24.3 Å². The molecule has 1 N–H and O–H groups in total. The minimum absolute atomic E-state index is 0.118. The molecule has 0 aliphatic carbocycles. The molecule has 0 radical (unpaired) electrons. The molecule has 150 valence electrons. The van der Waals surface area contributed by atoms with Crippen molar-refractivity contribution in [2.75, 3.05) is 0 Å². The predicted octanol–water partition coefficient (Wildman–Crippen LogP) is 4.35. The van der Waals surface area contributed by atoms with Gasteiger partial charge in [0.1, 0.15) is 5.60 Å². The molecular formula is C21H34BNO4. The van der Waals surface area contributed by atoms with Gasteiger partial charge < -0.3 is 19.4 Å². The van der Waals surface area contributed by atoms with E-state index in [9.17, 15) is 4.79 Å². The molecule has 0 bridgehead atoms. The second-order valence-corrected chi connectivity index (χ2v) is 9.25. The Balaban J connectivity index is 2.19. The number of nitrogens with one attached hydrogen (secondary N) is 1. The standard InChI is InChI=1S/C21H34BNO4/c1-9-11-17(23-18(24)25-19(2,3)4)15-12-10-13-16(14-15)22-26-20(5,6)21(7,8)27-22/h10,12-14,17H,9,11H2,1-8H3,(H,23,24)/t17-/m1/s1. The Morgan fingerprint density at radius 3 is 2.30 bits per heavy atom. The first-order chi connectivity index (χ1) is 12.3. The Labute approximate surface area is 164 Å². The third-order valence-corrected chi connectivity index (χ3v) is 5.11. The average molecular weight is 375 g/mol. The highest BCUT2D eigenvalue weighted by atomic mass is 16.7. The third kappa shape index (κ3) is 5.49. The number of carbonyl (C=O) groups excluding carboxylic acids is 1. The van der Waals surface area contributed by atoms with Crippen molar-refractivity contribution in [3.05, 3.63) is 29.8 Å². The molecule has 1 aliphatic heterocycles. The fourth-order valence-corrected chi connectivity index (χ4v) is 2.96. The predicted molar refractivity (Wildman–Crippen MR) is 109 cm³/mol. The van der Waals surface area contributed by atoms with Gasteiger partial charge in [-0.05, 0) is 65.9 Å². The van der Waals surface area contributed by atoms with E-state index in [4.69, 9.17) is 14.0 Å². The quantitative estimate of drug-likeness (QED) is 0.778. The van der Waals surface area contributed by atoms with Crippen molar-refractivity contribution in [3.8, 4) is 0 Å². The first-order valence-corrected chi connectivity index (χ1v) is 9.79. The van der Waals surface area contributed by atoms with E-state index in [1.54, 1.807) is 0 Å². The van der Waals surface area contributed by atoms with Crippen molar-refractivity contribution in [2.24, 2.45) is 0 Å². The van der Waals surface area contributed by atoms with E-state index < -0.39 is 18.8 Å². The van der Waals surface area contributed by atoms with E-state index >= 15 is 0 Å². The number of rotatable bonds is 5. The molecule has 1 aliphatic rings.